The lowest BCUT2D eigenvalue weighted by Gasteiger charge is -2.36. The second-order valence-electron chi connectivity index (χ2n) is 4.54. The molecule has 0 radical (unpaired) electrons. The van der Waals surface area contributed by atoms with Crippen LogP contribution in [0.4, 0.5) is 0 Å². The molecule has 2 aliphatic heterocycles. The maximum atomic E-state index is 5.35. The van der Waals surface area contributed by atoms with Gasteiger partial charge in [0.2, 0.25) is 0 Å². The van der Waals surface area contributed by atoms with E-state index < -0.39 is 0 Å². The highest BCUT2D eigenvalue weighted by Crippen LogP contribution is 2.03. The highest BCUT2D eigenvalue weighted by molar-refractivity contribution is 4.77. The highest BCUT2D eigenvalue weighted by Gasteiger charge is 2.18. The van der Waals surface area contributed by atoms with E-state index in [0.29, 0.717) is 6.04 Å². The number of piperazine rings is 1. The first kappa shape index (κ1) is 11.3. The minimum atomic E-state index is 0.694. The molecule has 4 heteroatoms. The van der Waals surface area contributed by atoms with Crippen LogP contribution < -0.4 is 5.32 Å². The summed E-state index contributed by atoms with van der Waals surface area (Å²) in [7, 11) is 0. The van der Waals surface area contributed by atoms with Gasteiger partial charge in [0.05, 0.1) is 13.2 Å². The summed E-state index contributed by atoms with van der Waals surface area (Å²) in [6.45, 7) is 12.3. The Morgan fingerprint density at radius 3 is 2.73 bits per heavy atom. The number of nitrogens with one attached hydrogen (secondary N) is 1. The van der Waals surface area contributed by atoms with Gasteiger partial charge < -0.3 is 10.1 Å². The van der Waals surface area contributed by atoms with E-state index in [4.69, 9.17) is 4.74 Å². The molecule has 4 nitrogen and oxygen atoms in total. The van der Waals surface area contributed by atoms with Crippen molar-refractivity contribution in [1.82, 2.24) is 15.1 Å². The van der Waals surface area contributed by atoms with Gasteiger partial charge in [0.1, 0.15) is 0 Å². The first-order valence-corrected chi connectivity index (χ1v) is 6.11. The van der Waals surface area contributed by atoms with Gasteiger partial charge in [-0.05, 0) is 6.92 Å². The summed E-state index contributed by atoms with van der Waals surface area (Å²) < 4.78 is 5.35. The van der Waals surface area contributed by atoms with Gasteiger partial charge in [0, 0.05) is 51.9 Å². The molecule has 0 aromatic heterocycles. The van der Waals surface area contributed by atoms with E-state index in [0.717, 1.165) is 39.4 Å². The van der Waals surface area contributed by atoms with Crippen molar-refractivity contribution in [3.8, 4) is 0 Å². The number of rotatable bonds is 3. The monoisotopic (exact) mass is 213 g/mol. The average Bonchev–Trinajstić information content (AvgIpc) is 2.29. The Bertz CT molecular complexity index is 183. The van der Waals surface area contributed by atoms with E-state index in [-0.39, 0.29) is 0 Å². The Morgan fingerprint density at radius 1 is 1.20 bits per heavy atom. The third kappa shape index (κ3) is 3.41. The second kappa shape index (κ2) is 5.80. The molecule has 0 spiro atoms. The Morgan fingerprint density at radius 2 is 2.00 bits per heavy atom. The summed E-state index contributed by atoms with van der Waals surface area (Å²) in [6.07, 6.45) is 0. The zero-order valence-electron chi connectivity index (χ0n) is 9.74. The van der Waals surface area contributed by atoms with Crippen molar-refractivity contribution in [3.63, 3.8) is 0 Å². The zero-order chi connectivity index (χ0) is 10.5. The van der Waals surface area contributed by atoms with Crippen LogP contribution in [-0.2, 0) is 4.74 Å². The fraction of sp³-hybridized carbons (Fsp3) is 1.00. The molecule has 0 aliphatic carbocycles. The van der Waals surface area contributed by atoms with Crippen LogP contribution in [0.2, 0.25) is 0 Å². The van der Waals surface area contributed by atoms with E-state index in [1.807, 2.05) is 0 Å². The average molecular weight is 213 g/mol. The fourth-order valence-corrected chi connectivity index (χ4v) is 2.31. The topological polar surface area (TPSA) is 27.7 Å². The Kier molecular flexibility index (Phi) is 4.38. The van der Waals surface area contributed by atoms with Crippen LogP contribution in [0, 0.1) is 0 Å². The standard InChI is InChI=1S/C11H23N3O/c1-11-10-12-2-3-14(11)5-4-13-6-8-15-9-7-13/h11-12H,2-10H2,1H3. The Balaban J connectivity index is 1.67. The third-order valence-corrected chi connectivity index (χ3v) is 3.45. The van der Waals surface area contributed by atoms with Crippen molar-refractivity contribution >= 4 is 0 Å². The summed E-state index contributed by atoms with van der Waals surface area (Å²) in [4.78, 5) is 5.10. The highest BCUT2D eigenvalue weighted by atomic mass is 16.5. The smallest absolute Gasteiger partial charge is 0.0594 e. The van der Waals surface area contributed by atoms with E-state index in [2.05, 4.69) is 22.0 Å². The first-order valence-electron chi connectivity index (χ1n) is 6.11. The molecular formula is C11H23N3O. The molecule has 1 atom stereocenters. The lowest BCUT2D eigenvalue weighted by molar-refractivity contribution is 0.0300. The number of hydrogen-bond donors (Lipinski definition) is 1. The van der Waals surface area contributed by atoms with Gasteiger partial charge in [-0.25, -0.2) is 0 Å². The van der Waals surface area contributed by atoms with Crippen LogP contribution >= 0.6 is 0 Å². The number of ether oxygens (including phenoxy) is 1. The quantitative estimate of drug-likeness (QED) is 0.691. The van der Waals surface area contributed by atoms with Crippen molar-refractivity contribution < 1.29 is 4.74 Å². The van der Waals surface area contributed by atoms with Gasteiger partial charge in [-0.3, -0.25) is 9.80 Å². The summed E-state index contributed by atoms with van der Waals surface area (Å²) in [5, 5.41) is 3.43. The SMILES string of the molecule is CC1CNCCN1CCN1CCOCC1. The van der Waals surface area contributed by atoms with E-state index >= 15 is 0 Å². The number of morpholine rings is 1. The Hall–Kier alpha value is -0.160. The lowest BCUT2D eigenvalue weighted by atomic mass is 10.2. The summed E-state index contributed by atoms with van der Waals surface area (Å²) in [6, 6.07) is 0.694. The lowest BCUT2D eigenvalue weighted by Crippen LogP contribution is -2.52. The molecule has 88 valence electrons. The molecule has 2 heterocycles. The number of nitrogens with zero attached hydrogens (tertiary/aromatic N) is 2. The summed E-state index contributed by atoms with van der Waals surface area (Å²) >= 11 is 0. The molecule has 0 amide bonds. The molecule has 0 saturated carbocycles. The van der Waals surface area contributed by atoms with Gasteiger partial charge in [-0.2, -0.15) is 0 Å². The van der Waals surface area contributed by atoms with Crippen molar-refractivity contribution in [2.75, 3.05) is 59.0 Å². The fourth-order valence-electron chi connectivity index (χ4n) is 2.31. The second-order valence-corrected chi connectivity index (χ2v) is 4.54. The van der Waals surface area contributed by atoms with Gasteiger partial charge in [0.15, 0.2) is 0 Å². The van der Waals surface area contributed by atoms with E-state index in [9.17, 15) is 0 Å². The molecule has 0 bridgehead atoms. The van der Waals surface area contributed by atoms with Crippen molar-refractivity contribution in [3.05, 3.63) is 0 Å². The number of hydrogen-bond acceptors (Lipinski definition) is 4. The van der Waals surface area contributed by atoms with Gasteiger partial charge >= 0.3 is 0 Å². The maximum Gasteiger partial charge on any atom is 0.0594 e. The van der Waals surface area contributed by atoms with Crippen molar-refractivity contribution in [2.24, 2.45) is 0 Å². The predicted octanol–water partition coefficient (Wildman–Crippen LogP) is -0.388. The minimum absolute atomic E-state index is 0.694. The molecule has 1 N–H and O–H groups in total. The Labute approximate surface area is 92.6 Å². The molecule has 2 saturated heterocycles. The largest absolute Gasteiger partial charge is 0.379 e. The van der Waals surface area contributed by atoms with Crippen LogP contribution in [-0.4, -0.2) is 74.9 Å². The molecule has 2 aliphatic rings. The van der Waals surface area contributed by atoms with Crippen molar-refractivity contribution in [1.29, 1.82) is 0 Å². The van der Waals surface area contributed by atoms with Crippen LogP contribution in [0.25, 0.3) is 0 Å². The van der Waals surface area contributed by atoms with Gasteiger partial charge in [-0.1, -0.05) is 0 Å². The predicted molar refractivity (Wildman–Crippen MR) is 61.2 cm³/mol. The van der Waals surface area contributed by atoms with Gasteiger partial charge in [-0.15, -0.1) is 0 Å². The maximum absolute atomic E-state index is 5.35. The van der Waals surface area contributed by atoms with Gasteiger partial charge in [0.25, 0.3) is 0 Å². The third-order valence-electron chi connectivity index (χ3n) is 3.45. The molecular weight excluding hydrogens is 190 g/mol. The van der Waals surface area contributed by atoms with Crippen LogP contribution in [0.1, 0.15) is 6.92 Å². The molecule has 0 aromatic rings. The first-order chi connectivity index (χ1) is 7.36. The zero-order valence-corrected chi connectivity index (χ0v) is 9.74. The van der Waals surface area contributed by atoms with E-state index in [1.54, 1.807) is 0 Å². The molecule has 0 aromatic carbocycles. The molecule has 15 heavy (non-hydrogen) atoms. The molecule has 2 fully saturated rings. The van der Waals surface area contributed by atoms with Crippen LogP contribution in [0.15, 0.2) is 0 Å². The molecule has 2 rings (SSSR count). The summed E-state index contributed by atoms with van der Waals surface area (Å²) in [5.74, 6) is 0. The normalized spacial score (nSPS) is 30.6. The summed E-state index contributed by atoms with van der Waals surface area (Å²) in [5.41, 5.74) is 0. The molecule has 1 unspecified atom stereocenters. The minimum Gasteiger partial charge on any atom is -0.379 e. The van der Waals surface area contributed by atoms with Crippen LogP contribution in [0.5, 0.6) is 0 Å². The van der Waals surface area contributed by atoms with Crippen LogP contribution in [0.3, 0.4) is 0 Å². The van der Waals surface area contributed by atoms with Crippen molar-refractivity contribution in [2.45, 2.75) is 13.0 Å². The van der Waals surface area contributed by atoms with E-state index in [1.165, 1.54) is 19.6 Å².